The first kappa shape index (κ1) is 6.09. The van der Waals surface area contributed by atoms with Gasteiger partial charge in [-0.25, -0.2) is 0 Å². The maximum Gasteiger partial charge on any atom is 0.0604 e. The molecule has 1 heteroatoms. The van der Waals surface area contributed by atoms with E-state index < -0.39 is 0 Å². The molecule has 0 bridgehead atoms. The maximum atomic E-state index is 5.57. The van der Waals surface area contributed by atoms with Gasteiger partial charge in [-0.2, -0.15) is 0 Å². The molecule has 0 aromatic heterocycles. The van der Waals surface area contributed by atoms with Gasteiger partial charge in [-0.1, -0.05) is 6.92 Å². The van der Waals surface area contributed by atoms with Crippen molar-refractivity contribution in [3.8, 4) is 0 Å². The van der Waals surface area contributed by atoms with Gasteiger partial charge in [-0.15, -0.1) is 0 Å². The summed E-state index contributed by atoms with van der Waals surface area (Å²) in [7, 11) is 0. The van der Waals surface area contributed by atoms with Gasteiger partial charge in [-0.3, -0.25) is 0 Å². The molecule has 0 aromatic carbocycles. The molecular formula is C7H12O. The normalized spacial score (nSPS) is 29.6. The lowest BCUT2D eigenvalue weighted by Crippen LogP contribution is -2.12. The fourth-order valence-corrected chi connectivity index (χ4v) is 1.02. The Bertz CT molecular complexity index is 62.8. The molecule has 0 spiro atoms. The van der Waals surface area contributed by atoms with E-state index >= 15 is 0 Å². The van der Waals surface area contributed by atoms with Crippen molar-refractivity contribution in [2.45, 2.75) is 25.9 Å². The number of hydrogen-bond donors (Lipinski definition) is 0. The van der Waals surface area contributed by atoms with Gasteiger partial charge in [0.05, 0.1) is 6.10 Å². The lowest BCUT2D eigenvalue weighted by molar-refractivity contribution is 0.0838. The van der Waals surface area contributed by atoms with E-state index in [4.69, 9.17) is 11.7 Å². The molecule has 1 rings (SSSR count). The molecule has 0 aliphatic carbocycles. The highest BCUT2D eigenvalue weighted by Crippen LogP contribution is 2.18. The molecule has 2 unspecified atom stereocenters. The van der Waals surface area contributed by atoms with Crippen molar-refractivity contribution in [2.75, 3.05) is 6.61 Å². The highest BCUT2D eigenvalue weighted by Gasteiger charge is 2.18. The van der Waals surface area contributed by atoms with Gasteiger partial charge >= 0.3 is 0 Å². The highest BCUT2D eigenvalue weighted by molar-refractivity contribution is 4.71. The first-order valence-electron chi connectivity index (χ1n) is 3.18. The van der Waals surface area contributed by atoms with Gasteiger partial charge in [0, 0.05) is 6.61 Å². The Morgan fingerprint density at radius 1 is 1.75 bits per heavy atom. The van der Waals surface area contributed by atoms with E-state index in [1.807, 2.05) is 6.92 Å². The van der Waals surface area contributed by atoms with Crippen LogP contribution < -0.4 is 0 Å². The van der Waals surface area contributed by atoms with Gasteiger partial charge in [0.15, 0.2) is 0 Å². The quantitative estimate of drug-likeness (QED) is 0.499. The SMILES string of the molecule is [CH]C(C)C1CCCO1. The van der Waals surface area contributed by atoms with E-state index in [1.54, 1.807) is 0 Å². The average Bonchev–Trinajstić information content (AvgIpc) is 2.12. The summed E-state index contributed by atoms with van der Waals surface area (Å²) in [6.45, 7) is 8.48. The first-order chi connectivity index (χ1) is 3.80. The van der Waals surface area contributed by atoms with Gasteiger partial charge < -0.3 is 4.74 Å². The Morgan fingerprint density at radius 2 is 2.50 bits per heavy atom. The van der Waals surface area contributed by atoms with Crippen LogP contribution >= 0.6 is 0 Å². The average molecular weight is 112 g/mol. The Kier molecular flexibility index (Phi) is 1.90. The molecule has 0 aromatic rings. The highest BCUT2D eigenvalue weighted by atomic mass is 16.5. The van der Waals surface area contributed by atoms with Gasteiger partial charge in [-0.05, 0) is 25.7 Å². The minimum absolute atomic E-state index is 0.220. The van der Waals surface area contributed by atoms with Crippen LogP contribution in [0.1, 0.15) is 19.8 Å². The molecule has 1 aliphatic heterocycles. The summed E-state index contributed by atoms with van der Waals surface area (Å²) in [5.74, 6) is 0.220. The molecule has 2 radical (unpaired) electrons. The minimum Gasteiger partial charge on any atom is -0.378 e. The van der Waals surface area contributed by atoms with E-state index in [0.29, 0.717) is 6.10 Å². The van der Waals surface area contributed by atoms with E-state index in [1.165, 1.54) is 6.42 Å². The summed E-state index contributed by atoms with van der Waals surface area (Å²) in [5.41, 5.74) is 0. The third kappa shape index (κ3) is 1.22. The van der Waals surface area contributed by atoms with Crippen LogP contribution in [0.3, 0.4) is 0 Å². The molecular weight excluding hydrogens is 100 g/mol. The van der Waals surface area contributed by atoms with Crippen molar-refractivity contribution in [1.29, 1.82) is 0 Å². The minimum atomic E-state index is 0.220. The Labute approximate surface area is 51.0 Å². The van der Waals surface area contributed by atoms with Crippen molar-refractivity contribution < 1.29 is 4.74 Å². The van der Waals surface area contributed by atoms with E-state index in [0.717, 1.165) is 13.0 Å². The van der Waals surface area contributed by atoms with Crippen LogP contribution in [0.4, 0.5) is 0 Å². The van der Waals surface area contributed by atoms with Crippen molar-refractivity contribution in [2.24, 2.45) is 5.92 Å². The summed E-state index contributed by atoms with van der Waals surface area (Å²) in [5, 5.41) is 0. The molecule has 46 valence electrons. The lowest BCUT2D eigenvalue weighted by atomic mass is 10.1. The fourth-order valence-electron chi connectivity index (χ4n) is 1.02. The van der Waals surface area contributed by atoms with Crippen LogP contribution in [0.5, 0.6) is 0 Å². The summed E-state index contributed by atoms with van der Waals surface area (Å²) in [4.78, 5) is 0. The molecule has 1 heterocycles. The maximum absolute atomic E-state index is 5.57. The summed E-state index contributed by atoms with van der Waals surface area (Å²) in [6.07, 6.45) is 2.68. The lowest BCUT2D eigenvalue weighted by Gasteiger charge is -2.11. The summed E-state index contributed by atoms with van der Waals surface area (Å²) >= 11 is 0. The molecule has 1 aliphatic rings. The second-order valence-corrected chi connectivity index (χ2v) is 2.41. The molecule has 1 saturated heterocycles. The van der Waals surface area contributed by atoms with E-state index in [2.05, 4.69) is 0 Å². The topological polar surface area (TPSA) is 9.23 Å². The number of ether oxygens (including phenoxy) is 1. The fraction of sp³-hybridized carbons (Fsp3) is 0.857. The zero-order valence-electron chi connectivity index (χ0n) is 5.26. The second kappa shape index (κ2) is 2.49. The first-order valence-corrected chi connectivity index (χ1v) is 3.18. The number of rotatable bonds is 1. The van der Waals surface area contributed by atoms with E-state index in [-0.39, 0.29) is 5.92 Å². The number of hydrogen-bond acceptors (Lipinski definition) is 1. The molecule has 2 atom stereocenters. The van der Waals surface area contributed by atoms with Crippen LogP contribution in [0.2, 0.25) is 0 Å². The van der Waals surface area contributed by atoms with Crippen molar-refractivity contribution in [3.63, 3.8) is 0 Å². The second-order valence-electron chi connectivity index (χ2n) is 2.41. The van der Waals surface area contributed by atoms with Gasteiger partial charge in [0.1, 0.15) is 0 Å². The molecule has 8 heavy (non-hydrogen) atoms. The van der Waals surface area contributed by atoms with Crippen LogP contribution in [-0.4, -0.2) is 12.7 Å². The third-order valence-corrected chi connectivity index (χ3v) is 1.55. The third-order valence-electron chi connectivity index (χ3n) is 1.55. The zero-order chi connectivity index (χ0) is 5.98. The molecule has 0 N–H and O–H groups in total. The van der Waals surface area contributed by atoms with Crippen molar-refractivity contribution in [3.05, 3.63) is 6.92 Å². The van der Waals surface area contributed by atoms with E-state index in [9.17, 15) is 0 Å². The molecule has 1 nitrogen and oxygen atoms in total. The Morgan fingerprint density at radius 3 is 2.75 bits per heavy atom. The van der Waals surface area contributed by atoms with Crippen LogP contribution in [0.25, 0.3) is 0 Å². The van der Waals surface area contributed by atoms with Gasteiger partial charge in [0.2, 0.25) is 0 Å². The summed E-state index contributed by atoms with van der Waals surface area (Å²) < 4.78 is 5.29. The zero-order valence-corrected chi connectivity index (χ0v) is 5.26. The Hall–Kier alpha value is -0.0400. The Balaban J connectivity index is 2.24. The standard InChI is InChI=1S/C7H12O/c1-6(2)7-4-3-5-8-7/h1,6-7H,3-5H2,2H3. The summed E-state index contributed by atoms with van der Waals surface area (Å²) in [6, 6.07) is 0. The molecule has 0 amide bonds. The van der Waals surface area contributed by atoms with Crippen LogP contribution in [0.15, 0.2) is 0 Å². The smallest absolute Gasteiger partial charge is 0.0604 e. The monoisotopic (exact) mass is 112 g/mol. The van der Waals surface area contributed by atoms with Crippen molar-refractivity contribution in [1.82, 2.24) is 0 Å². The predicted molar refractivity (Wildman–Crippen MR) is 32.4 cm³/mol. The molecule has 0 saturated carbocycles. The van der Waals surface area contributed by atoms with Crippen molar-refractivity contribution >= 4 is 0 Å². The predicted octanol–water partition coefficient (Wildman–Crippen LogP) is 1.51. The van der Waals surface area contributed by atoms with Gasteiger partial charge in [0.25, 0.3) is 0 Å². The largest absolute Gasteiger partial charge is 0.378 e. The molecule has 1 fully saturated rings. The van der Waals surface area contributed by atoms with Crippen LogP contribution in [0, 0.1) is 12.8 Å². The van der Waals surface area contributed by atoms with Crippen LogP contribution in [-0.2, 0) is 4.74 Å².